The molecule has 0 spiro atoms. The molecular formula is C58H38N2S. The predicted octanol–water partition coefficient (Wildman–Crippen LogP) is 16.8. The summed E-state index contributed by atoms with van der Waals surface area (Å²) in [6, 6.07) is 84.2. The molecule has 0 N–H and O–H groups in total. The van der Waals surface area contributed by atoms with Crippen LogP contribution in [-0.2, 0) is 0 Å². The molecule has 0 fully saturated rings. The molecule has 0 bridgehead atoms. The number of nitrogens with zero attached hydrogens (tertiary/aromatic N) is 2. The van der Waals surface area contributed by atoms with Crippen molar-refractivity contribution < 1.29 is 0 Å². The highest BCUT2D eigenvalue weighted by Crippen LogP contribution is 2.44. The van der Waals surface area contributed by atoms with Crippen molar-refractivity contribution in [1.29, 1.82) is 0 Å². The predicted molar refractivity (Wildman–Crippen MR) is 262 cm³/mol. The van der Waals surface area contributed by atoms with Gasteiger partial charge in [0.1, 0.15) is 0 Å². The van der Waals surface area contributed by atoms with Crippen molar-refractivity contribution in [1.82, 2.24) is 4.57 Å². The summed E-state index contributed by atoms with van der Waals surface area (Å²) in [6.07, 6.45) is 0. The average molecular weight is 795 g/mol. The lowest BCUT2D eigenvalue weighted by Crippen LogP contribution is -2.13. The molecule has 0 atom stereocenters. The quantitative estimate of drug-likeness (QED) is 0.156. The Balaban J connectivity index is 0.995. The van der Waals surface area contributed by atoms with Crippen LogP contribution in [0.3, 0.4) is 0 Å². The van der Waals surface area contributed by atoms with Gasteiger partial charge in [-0.25, -0.2) is 0 Å². The Labute approximate surface area is 358 Å². The Hall–Kier alpha value is -7.72. The van der Waals surface area contributed by atoms with E-state index in [4.69, 9.17) is 0 Å². The Morgan fingerprint density at radius 2 is 0.885 bits per heavy atom. The topological polar surface area (TPSA) is 8.17 Å². The van der Waals surface area contributed by atoms with E-state index in [1.807, 2.05) is 11.3 Å². The van der Waals surface area contributed by atoms with Gasteiger partial charge in [-0.15, -0.1) is 11.3 Å². The van der Waals surface area contributed by atoms with Crippen molar-refractivity contribution in [3.8, 4) is 39.1 Å². The molecule has 12 aromatic rings. The lowest BCUT2D eigenvalue weighted by atomic mass is 9.97. The largest absolute Gasteiger partial charge is 0.308 e. The number of fused-ring (bicyclic) bond motifs is 7. The van der Waals surface area contributed by atoms with Gasteiger partial charge in [0.05, 0.1) is 22.4 Å². The zero-order valence-electron chi connectivity index (χ0n) is 33.2. The molecule has 2 nitrogen and oxygen atoms in total. The van der Waals surface area contributed by atoms with Crippen LogP contribution >= 0.6 is 11.3 Å². The Bertz CT molecular complexity index is 3540. The lowest BCUT2D eigenvalue weighted by molar-refractivity contribution is 1.15. The Morgan fingerprint density at radius 1 is 0.344 bits per heavy atom. The fraction of sp³-hybridized carbons (Fsp3) is 0. The van der Waals surface area contributed by atoms with Crippen LogP contribution < -0.4 is 4.90 Å². The van der Waals surface area contributed by atoms with E-state index in [1.54, 1.807) is 0 Å². The molecule has 286 valence electrons. The van der Waals surface area contributed by atoms with Crippen molar-refractivity contribution in [2.75, 3.05) is 4.90 Å². The molecular weight excluding hydrogens is 757 g/mol. The number of aromatic nitrogens is 1. The molecule has 0 unspecified atom stereocenters. The van der Waals surface area contributed by atoms with Gasteiger partial charge in [-0.2, -0.15) is 0 Å². The first-order valence-electron chi connectivity index (χ1n) is 20.8. The molecule has 2 heterocycles. The normalized spacial score (nSPS) is 11.6. The molecule has 10 aromatic carbocycles. The van der Waals surface area contributed by atoms with Crippen LogP contribution in [0.2, 0.25) is 0 Å². The highest BCUT2D eigenvalue weighted by atomic mass is 32.1. The smallest absolute Gasteiger partial charge is 0.0702 e. The second kappa shape index (κ2) is 14.5. The summed E-state index contributed by atoms with van der Waals surface area (Å²) in [5, 5.41) is 7.63. The molecule has 0 saturated carbocycles. The van der Waals surface area contributed by atoms with Gasteiger partial charge in [0.15, 0.2) is 0 Å². The van der Waals surface area contributed by atoms with E-state index >= 15 is 0 Å². The number of anilines is 3. The van der Waals surface area contributed by atoms with E-state index in [0.29, 0.717) is 0 Å². The van der Waals surface area contributed by atoms with Gasteiger partial charge >= 0.3 is 0 Å². The van der Waals surface area contributed by atoms with Crippen LogP contribution in [0.15, 0.2) is 231 Å². The maximum absolute atomic E-state index is 2.43. The number of hydrogen-bond acceptors (Lipinski definition) is 2. The number of benzene rings is 10. The summed E-state index contributed by atoms with van der Waals surface area (Å²) in [7, 11) is 0. The van der Waals surface area contributed by atoms with Gasteiger partial charge < -0.3 is 9.47 Å². The molecule has 2 aromatic heterocycles. The second-order valence-corrected chi connectivity index (χ2v) is 16.8. The Kier molecular flexibility index (Phi) is 8.39. The zero-order chi connectivity index (χ0) is 40.3. The van der Waals surface area contributed by atoms with E-state index in [2.05, 4.69) is 240 Å². The minimum Gasteiger partial charge on any atom is -0.308 e. The van der Waals surface area contributed by atoms with E-state index in [1.165, 1.54) is 86.1 Å². The molecule has 0 amide bonds. The fourth-order valence-electron chi connectivity index (χ4n) is 9.31. The van der Waals surface area contributed by atoms with Gasteiger partial charge in [-0.05, 0) is 117 Å². The highest BCUT2D eigenvalue weighted by Gasteiger charge is 2.21. The van der Waals surface area contributed by atoms with Gasteiger partial charge in [0.25, 0.3) is 0 Å². The van der Waals surface area contributed by atoms with Crippen LogP contribution in [0.5, 0.6) is 0 Å². The summed E-state index contributed by atoms with van der Waals surface area (Å²) in [5.74, 6) is 0. The number of para-hydroxylation sites is 4. The third-order valence-corrected chi connectivity index (χ3v) is 13.3. The third-order valence-electron chi connectivity index (χ3n) is 12.2. The van der Waals surface area contributed by atoms with Crippen LogP contribution in [0.1, 0.15) is 0 Å². The van der Waals surface area contributed by atoms with Crippen molar-refractivity contribution >= 4 is 81.1 Å². The second-order valence-electron chi connectivity index (χ2n) is 15.7. The standard InChI is InChI=1S/C58H38N2S/c1-2-14-42-38-45(28-27-39(42)13-1)44-16-11-15-43(37-44)40-29-33-46(34-30-40)59(47-35-31-41(32-36-47)48-20-12-26-57-58(48)51-19-5-10-25-56(51)61-57)54-23-8-9-24-55(54)60-52-21-6-3-17-49(52)50-18-4-7-22-53(50)60/h1-38H. The zero-order valence-corrected chi connectivity index (χ0v) is 34.1. The van der Waals surface area contributed by atoms with E-state index in [9.17, 15) is 0 Å². The summed E-state index contributed by atoms with van der Waals surface area (Å²) in [4.78, 5) is 2.42. The van der Waals surface area contributed by atoms with Gasteiger partial charge in [0, 0.05) is 42.3 Å². The maximum Gasteiger partial charge on any atom is 0.0702 e. The van der Waals surface area contributed by atoms with Gasteiger partial charge in [-0.3, -0.25) is 0 Å². The maximum atomic E-state index is 2.43. The van der Waals surface area contributed by atoms with Crippen molar-refractivity contribution in [3.63, 3.8) is 0 Å². The Morgan fingerprint density at radius 3 is 1.64 bits per heavy atom. The lowest BCUT2D eigenvalue weighted by Gasteiger charge is -2.28. The summed E-state index contributed by atoms with van der Waals surface area (Å²) in [5.41, 5.74) is 14.0. The molecule has 0 aliphatic heterocycles. The summed E-state index contributed by atoms with van der Waals surface area (Å²) in [6.45, 7) is 0. The third kappa shape index (κ3) is 6.01. The van der Waals surface area contributed by atoms with E-state index < -0.39 is 0 Å². The first kappa shape index (κ1) is 35.2. The fourth-order valence-corrected chi connectivity index (χ4v) is 10.4. The van der Waals surface area contributed by atoms with Crippen LogP contribution in [0.4, 0.5) is 17.1 Å². The minimum atomic E-state index is 1.08. The first-order chi connectivity index (χ1) is 30.2. The van der Waals surface area contributed by atoms with E-state index in [-0.39, 0.29) is 0 Å². The van der Waals surface area contributed by atoms with Crippen LogP contribution in [0, 0.1) is 0 Å². The monoisotopic (exact) mass is 794 g/mol. The molecule has 3 heteroatoms. The first-order valence-corrected chi connectivity index (χ1v) is 21.6. The average Bonchev–Trinajstić information content (AvgIpc) is 3.88. The minimum absolute atomic E-state index is 1.08. The molecule has 0 saturated heterocycles. The van der Waals surface area contributed by atoms with Crippen molar-refractivity contribution in [3.05, 3.63) is 231 Å². The van der Waals surface area contributed by atoms with Crippen LogP contribution in [-0.4, -0.2) is 4.57 Å². The molecule has 0 aliphatic carbocycles. The van der Waals surface area contributed by atoms with Gasteiger partial charge in [-0.1, -0.05) is 158 Å². The molecule has 61 heavy (non-hydrogen) atoms. The molecule has 12 rings (SSSR count). The molecule has 0 aliphatic rings. The summed E-state index contributed by atoms with van der Waals surface area (Å²) >= 11 is 1.86. The SMILES string of the molecule is c1cc(-c2ccc(N(c3ccc(-c4cccc5sc6ccccc6c45)cc3)c3ccccc3-n3c4ccccc4c4ccccc43)cc2)cc(-c2ccc3ccccc3c2)c1. The number of hydrogen-bond donors (Lipinski definition) is 0. The highest BCUT2D eigenvalue weighted by molar-refractivity contribution is 7.25. The number of rotatable bonds is 7. The van der Waals surface area contributed by atoms with Crippen molar-refractivity contribution in [2.45, 2.75) is 0 Å². The number of thiophene rings is 1. The van der Waals surface area contributed by atoms with Crippen molar-refractivity contribution in [2.24, 2.45) is 0 Å². The molecule has 0 radical (unpaired) electrons. The summed E-state index contributed by atoms with van der Waals surface area (Å²) < 4.78 is 5.06. The van der Waals surface area contributed by atoms with Gasteiger partial charge in [0.2, 0.25) is 0 Å². The van der Waals surface area contributed by atoms with Crippen LogP contribution in [0.25, 0.3) is 91.8 Å². The van der Waals surface area contributed by atoms with E-state index in [0.717, 1.165) is 22.7 Å².